The molecule has 0 fully saturated rings. The van der Waals surface area contributed by atoms with Crippen molar-refractivity contribution in [2.45, 2.75) is 32.6 Å². The molecule has 0 spiro atoms. The minimum Gasteiger partial charge on any atom is -0.497 e. The van der Waals surface area contributed by atoms with Crippen LogP contribution in [-0.4, -0.2) is 35.5 Å². The second-order valence-electron chi connectivity index (χ2n) is 5.34. The van der Waals surface area contributed by atoms with Crippen molar-refractivity contribution in [2.75, 3.05) is 13.7 Å². The molecule has 0 aliphatic rings. The van der Waals surface area contributed by atoms with Crippen molar-refractivity contribution in [3.63, 3.8) is 0 Å². The number of carbonyl (C=O) groups is 2. The van der Waals surface area contributed by atoms with Gasteiger partial charge in [0.05, 0.1) is 7.11 Å². The summed E-state index contributed by atoms with van der Waals surface area (Å²) < 4.78 is 10.0. The highest BCUT2D eigenvalue weighted by Gasteiger charge is 2.09. The summed E-state index contributed by atoms with van der Waals surface area (Å²) in [5, 5.41) is 6.48. The number of methoxy groups -OCH3 is 1. The lowest BCUT2D eigenvalue weighted by atomic mass is 10.1. The summed E-state index contributed by atoms with van der Waals surface area (Å²) in [7, 11) is 1.57. The molecule has 24 heavy (non-hydrogen) atoms. The first-order valence-electron chi connectivity index (χ1n) is 7.81. The molecule has 0 radical (unpaired) electrons. The number of nitrogens with zero attached hydrogens (tertiary/aromatic N) is 2. The van der Waals surface area contributed by atoms with Crippen LogP contribution in [0.25, 0.3) is 0 Å². The molecule has 1 aromatic heterocycles. The van der Waals surface area contributed by atoms with Crippen LogP contribution in [-0.2, 0) is 11.2 Å². The number of benzene rings is 1. The molecule has 7 nitrogen and oxygen atoms in total. The highest BCUT2D eigenvalue weighted by molar-refractivity contribution is 5.98. The zero-order valence-electron chi connectivity index (χ0n) is 13.9. The number of carbonyl (C=O) groups excluding carboxylic acids is 2. The predicted molar refractivity (Wildman–Crippen MR) is 86.9 cm³/mol. The van der Waals surface area contributed by atoms with Crippen molar-refractivity contribution < 1.29 is 18.8 Å². The van der Waals surface area contributed by atoms with Gasteiger partial charge in [-0.05, 0) is 37.6 Å². The van der Waals surface area contributed by atoms with Crippen LogP contribution in [0.15, 0.2) is 28.8 Å². The molecule has 0 saturated heterocycles. The number of hydrogen-bond donors (Lipinski definition) is 1. The zero-order chi connectivity index (χ0) is 17.4. The van der Waals surface area contributed by atoms with Gasteiger partial charge in [0.2, 0.25) is 11.8 Å². The van der Waals surface area contributed by atoms with Crippen molar-refractivity contribution in [2.24, 2.45) is 0 Å². The molecule has 0 unspecified atom stereocenters. The van der Waals surface area contributed by atoms with Crippen molar-refractivity contribution in [3.8, 4) is 5.75 Å². The van der Waals surface area contributed by atoms with Crippen LogP contribution in [0.2, 0.25) is 0 Å². The van der Waals surface area contributed by atoms with E-state index in [9.17, 15) is 9.59 Å². The molecule has 0 aliphatic heterocycles. The molecular formula is C17H21N3O4. The normalized spacial score (nSPS) is 10.4. The van der Waals surface area contributed by atoms with Gasteiger partial charge in [-0.2, -0.15) is 4.98 Å². The molecule has 0 atom stereocenters. The van der Waals surface area contributed by atoms with Gasteiger partial charge < -0.3 is 14.6 Å². The third-order valence-electron chi connectivity index (χ3n) is 3.45. The molecule has 1 heterocycles. The minimum absolute atomic E-state index is 0.0610. The smallest absolute Gasteiger partial charge is 0.226 e. The summed E-state index contributed by atoms with van der Waals surface area (Å²) in [6.45, 7) is 2.27. The number of hydrogen-bond acceptors (Lipinski definition) is 6. The third kappa shape index (κ3) is 5.49. The Morgan fingerprint density at radius 3 is 2.58 bits per heavy atom. The van der Waals surface area contributed by atoms with Crippen molar-refractivity contribution in [1.82, 2.24) is 15.5 Å². The van der Waals surface area contributed by atoms with E-state index >= 15 is 0 Å². The highest BCUT2D eigenvalue weighted by atomic mass is 16.5. The van der Waals surface area contributed by atoms with Gasteiger partial charge in [0.15, 0.2) is 11.6 Å². The summed E-state index contributed by atoms with van der Waals surface area (Å²) in [6, 6.07) is 6.86. The predicted octanol–water partition coefficient (Wildman–Crippen LogP) is 2.10. The van der Waals surface area contributed by atoms with Crippen molar-refractivity contribution >= 4 is 11.7 Å². The fourth-order valence-electron chi connectivity index (χ4n) is 2.15. The lowest BCUT2D eigenvalue weighted by Gasteiger charge is -2.05. The number of ether oxygens (including phenoxy) is 1. The Labute approximate surface area is 140 Å². The molecule has 1 aromatic carbocycles. The quantitative estimate of drug-likeness (QED) is 0.558. The molecular weight excluding hydrogens is 310 g/mol. The molecule has 1 N–H and O–H groups in total. The first-order chi connectivity index (χ1) is 11.6. The van der Waals surface area contributed by atoms with E-state index in [1.54, 1.807) is 38.3 Å². The maximum atomic E-state index is 12.0. The maximum Gasteiger partial charge on any atom is 0.226 e. The van der Waals surface area contributed by atoms with Crippen molar-refractivity contribution in [3.05, 3.63) is 41.5 Å². The highest BCUT2D eigenvalue weighted by Crippen LogP contribution is 2.13. The summed E-state index contributed by atoms with van der Waals surface area (Å²) in [5.74, 6) is 1.66. The Morgan fingerprint density at radius 1 is 1.21 bits per heavy atom. The lowest BCUT2D eigenvalue weighted by Crippen LogP contribution is -2.25. The standard InChI is InChI=1S/C17H21N3O4/c1-12-19-17(24-20-12)4-3-11-18-16(22)10-9-15(21)13-5-7-14(23-2)8-6-13/h5-8H,3-4,9-11H2,1-2H3,(H,18,22). The first kappa shape index (κ1) is 17.7. The van der Waals surface area contributed by atoms with E-state index in [1.165, 1.54) is 0 Å². The third-order valence-corrected chi connectivity index (χ3v) is 3.45. The van der Waals surface area contributed by atoms with Crippen LogP contribution in [0, 0.1) is 6.92 Å². The Hall–Kier alpha value is -2.70. The molecule has 1 amide bonds. The van der Waals surface area contributed by atoms with Crippen LogP contribution in [0.5, 0.6) is 5.75 Å². The molecule has 0 aliphatic carbocycles. The molecule has 128 valence electrons. The number of nitrogens with one attached hydrogen (secondary N) is 1. The minimum atomic E-state index is -0.140. The molecule has 2 rings (SSSR count). The van der Waals surface area contributed by atoms with Crippen LogP contribution in [0.1, 0.15) is 41.3 Å². The lowest BCUT2D eigenvalue weighted by molar-refractivity contribution is -0.121. The topological polar surface area (TPSA) is 94.3 Å². The van der Waals surface area contributed by atoms with Crippen LogP contribution in [0.3, 0.4) is 0 Å². The molecule has 0 saturated carbocycles. The van der Waals surface area contributed by atoms with Gasteiger partial charge in [0.1, 0.15) is 5.75 Å². The summed E-state index contributed by atoms with van der Waals surface area (Å²) >= 11 is 0. The van der Waals surface area contributed by atoms with E-state index in [2.05, 4.69) is 15.5 Å². The van der Waals surface area contributed by atoms with Gasteiger partial charge >= 0.3 is 0 Å². The second kappa shape index (κ2) is 8.81. The van der Waals surface area contributed by atoms with Crippen LogP contribution in [0.4, 0.5) is 0 Å². The first-order valence-corrected chi connectivity index (χ1v) is 7.81. The van der Waals surface area contributed by atoms with E-state index < -0.39 is 0 Å². The fourth-order valence-corrected chi connectivity index (χ4v) is 2.15. The Morgan fingerprint density at radius 2 is 1.96 bits per heavy atom. The maximum absolute atomic E-state index is 12.0. The number of aryl methyl sites for hydroxylation is 2. The van der Waals surface area contributed by atoms with Crippen LogP contribution >= 0.6 is 0 Å². The number of Topliss-reactive ketones (excluding diaryl/α,β-unsaturated/α-hetero) is 1. The van der Waals surface area contributed by atoms with E-state index in [0.29, 0.717) is 42.4 Å². The Bertz CT molecular complexity index is 679. The van der Waals surface area contributed by atoms with Gasteiger partial charge in [-0.25, -0.2) is 0 Å². The summed E-state index contributed by atoms with van der Waals surface area (Å²) in [6.07, 6.45) is 1.68. The molecule has 7 heteroatoms. The van der Waals surface area contributed by atoms with E-state index in [-0.39, 0.29) is 24.5 Å². The average molecular weight is 331 g/mol. The number of ketones is 1. The number of aromatic nitrogens is 2. The monoisotopic (exact) mass is 331 g/mol. The number of rotatable bonds is 9. The van der Waals surface area contributed by atoms with Crippen LogP contribution < -0.4 is 10.1 Å². The van der Waals surface area contributed by atoms with Gasteiger partial charge in [-0.15, -0.1) is 0 Å². The van der Waals surface area contributed by atoms with E-state index in [4.69, 9.17) is 9.26 Å². The van der Waals surface area contributed by atoms with E-state index in [0.717, 1.165) is 0 Å². The van der Waals surface area contributed by atoms with E-state index in [1.807, 2.05) is 0 Å². The summed E-state index contributed by atoms with van der Waals surface area (Å²) in [4.78, 5) is 27.9. The Kier molecular flexibility index (Phi) is 6.48. The SMILES string of the molecule is COc1ccc(C(=O)CCC(=O)NCCCc2nc(C)no2)cc1. The second-order valence-corrected chi connectivity index (χ2v) is 5.34. The van der Waals surface area contributed by atoms with Crippen molar-refractivity contribution in [1.29, 1.82) is 0 Å². The van der Waals surface area contributed by atoms with Gasteiger partial charge in [-0.3, -0.25) is 9.59 Å². The largest absolute Gasteiger partial charge is 0.497 e. The summed E-state index contributed by atoms with van der Waals surface area (Å²) in [5.41, 5.74) is 0.579. The molecule has 2 aromatic rings. The Balaban J connectivity index is 1.64. The number of amides is 1. The van der Waals surface area contributed by atoms with Gasteiger partial charge in [0, 0.05) is 31.4 Å². The molecule has 0 bridgehead atoms. The zero-order valence-corrected chi connectivity index (χ0v) is 13.9. The average Bonchev–Trinajstić information content (AvgIpc) is 3.02. The fraction of sp³-hybridized carbons (Fsp3) is 0.412. The van der Waals surface area contributed by atoms with Gasteiger partial charge in [0.25, 0.3) is 0 Å². The van der Waals surface area contributed by atoms with Gasteiger partial charge in [-0.1, -0.05) is 5.16 Å².